The summed E-state index contributed by atoms with van der Waals surface area (Å²) < 4.78 is 5.79. The Morgan fingerprint density at radius 1 is 1.32 bits per heavy atom. The number of likely N-dealkylation sites (tertiary alicyclic amines) is 1. The first-order chi connectivity index (χ1) is 9.38. The number of hydrogen-bond acceptors (Lipinski definition) is 3. The number of ether oxygens (including phenoxy) is 1. The zero-order chi connectivity index (χ0) is 13.1. The highest BCUT2D eigenvalue weighted by molar-refractivity contribution is 5.31. The largest absolute Gasteiger partial charge is 0.375 e. The summed E-state index contributed by atoms with van der Waals surface area (Å²) in [5, 5.41) is 0. The molecule has 2 aliphatic rings. The summed E-state index contributed by atoms with van der Waals surface area (Å²) in [6.07, 6.45) is 3.79. The fourth-order valence-corrected chi connectivity index (χ4v) is 3.51. The summed E-state index contributed by atoms with van der Waals surface area (Å²) in [5.74, 6) is 0.771. The summed E-state index contributed by atoms with van der Waals surface area (Å²) in [7, 11) is 0. The van der Waals surface area contributed by atoms with Gasteiger partial charge in [0.15, 0.2) is 0 Å². The molecule has 0 bridgehead atoms. The van der Waals surface area contributed by atoms with Crippen LogP contribution in [0.3, 0.4) is 0 Å². The van der Waals surface area contributed by atoms with E-state index in [1.165, 1.54) is 37.1 Å². The van der Waals surface area contributed by atoms with Crippen LogP contribution in [-0.2, 0) is 11.3 Å². The van der Waals surface area contributed by atoms with E-state index in [1.54, 1.807) is 0 Å². The Kier molecular flexibility index (Phi) is 4.16. The minimum Gasteiger partial charge on any atom is -0.375 e. The van der Waals surface area contributed by atoms with Crippen molar-refractivity contribution in [2.75, 3.05) is 26.2 Å². The fraction of sp³-hybridized carbons (Fsp3) is 0.625. The Morgan fingerprint density at radius 3 is 3.11 bits per heavy atom. The monoisotopic (exact) mass is 260 g/mol. The van der Waals surface area contributed by atoms with Crippen LogP contribution in [0.1, 0.15) is 36.4 Å². The second kappa shape index (κ2) is 6.04. The van der Waals surface area contributed by atoms with Crippen molar-refractivity contribution < 1.29 is 4.74 Å². The molecule has 1 aromatic carbocycles. The van der Waals surface area contributed by atoms with Crippen molar-refractivity contribution in [3.63, 3.8) is 0 Å². The third-order valence-corrected chi connectivity index (χ3v) is 4.51. The van der Waals surface area contributed by atoms with Crippen LogP contribution in [0.15, 0.2) is 24.3 Å². The van der Waals surface area contributed by atoms with Gasteiger partial charge in [-0.3, -0.25) is 4.90 Å². The van der Waals surface area contributed by atoms with Crippen LogP contribution in [0.25, 0.3) is 0 Å². The van der Waals surface area contributed by atoms with Gasteiger partial charge in [-0.05, 0) is 49.4 Å². The van der Waals surface area contributed by atoms with E-state index < -0.39 is 0 Å². The molecule has 0 radical (unpaired) electrons. The van der Waals surface area contributed by atoms with Gasteiger partial charge in [-0.15, -0.1) is 0 Å². The summed E-state index contributed by atoms with van der Waals surface area (Å²) in [4.78, 5) is 2.61. The van der Waals surface area contributed by atoms with E-state index in [4.69, 9.17) is 10.5 Å². The van der Waals surface area contributed by atoms with Crippen LogP contribution in [0.4, 0.5) is 0 Å². The van der Waals surface area contributed by atoms with Gasteiger partial charge in [0.2, 0.25) is 0 Å². The van der Waals surface area contributed by atoms with Gasteiger partial charge in [0.1, 0.15) is 0 Å². The third kappa shape index (κ3) is 2.83. The number of nitrogens with two attached hydrogens (primary N) is 1. The third-order valence-electron chi connectivity index (χ3n) is 4.51. The normalized spacial score (nSPS) is 28.1. The van der Waals surface area contributed by atoms with E-state index in [0.717, 1.165) is 32.1 Å². The lowest BCUT2D eigenvalue weighted by Gasteiger charge is -2.40. The standard InChI is InChI=1S/C16H24N2O/c17-8-7-13-4-3-9-18(10-13)16-12-19-11-14-5-1-2-6-15(14)16/h1-2,5-6,13,16H,3-4,7-12,17H2. The van der Waals surface area contributed by atoms with Crippen LogP contribution in [0.2, 0.25) is 0 Å². The molecule has 2 unspecified atom stereocenters. The molecule has 1 fully saturated rings. The Bertz CT molecular complexity index is 419. The van der Waals surface area contributed by atoms with Gasteiger partial charge < -0.3 is 10.5 Å². The molecule has 2 atom stereocenters. The van der Waals surface area contributed by atoms with Crippen molar-refractivity contribution in [1.82, 2.24) is 4.90 Å². The zero-order valence-corrected chi connectivity index (χ0v) is 11.6. The van der Waals surface area contributed by atoms with E-state index in [2.05, 4.69) is 29.2 Å². The van der Waals surface area contributed by atoms with Gasteiger partial charge in [-0.25, -0.2) is 0 Å². The SMILES string of the molecule is NCCC1CCCN(C2COCc3ccccc32)C1. The van der Waals surface area contributed by atoms with Gasteiger partial charge in [-0.2, -0.15) is 0 Å². The number of fused-ring (bicyclic) bond motifs is 1. The van der Waals surface area contributed by atoms with Crippen LogP contribution in [0.5, 0.6) is 0 Å². The molecule has 3 rings (SSSR count). The van der Waals surface area contributed by atoms with Crippen LogP contribution < -0.4 is 5.73 Å². The lowest BCUT2D eigenvalue weighted by atomic mass is 9.91. The molecule has 0 amide bonds. The minimum atomic E-state index is 0.450. The van der Waals surface area contributed by atoms with Crippen LogP contribution in [0, 0.1) is 5.92 Å². The predicted molar refractivity (Wildman–Crippen MR) is 76.8 cm³/mol. The highest BCUT2D eigenvalue weighted by Crippen LogP contribution is 2.33. The molecule has 0 saturated carbocycles. The van der Waals surface area contributed by atoms with Crippen molar-refractivity contribution in [1.29, 1.82) is 0 Å². The topological polar surface area (TPSA) is 38.5 Å². The van der Waals surface area contributed by atoms with Gasteiger partial charge in [0, 0.05) is 6.54 Å². The number of rotatable bonds is 3. The lowest BCUT2D eigenvalue weighted by molar-refractivity contribution is 0.0142. The number of nitrogens with zero attached hydrogens (tertiary/aromatic N) is 1. The Labute approximate surface area is 115 Å². The molecule has 2 N–H and O–H groups in total. The Morgan fingerprint density at radius 2 is 2.21 bits per heavy atom. The quantitative estimate of drug-likeness (QED) is 0.906. The summed E-state index contributed by atoms with van der Waals surface area (Å²) >= 11 is 0. The summed E-state index contributed by atoms with van der Waals surface area (Å²) in [5.41, 5.74) is 8.55. The molecule has 3 nitrogen and oxygen atoms in total. The molecule has 0 aliphatic carbocycles. The molecular weight excluding hydrogens is 236 g/mol. The lowest BCUT2D eigenvalue weighted by Crippen LogP contribution is -2.41. The maximum atomic E-state index is 5.79. The second-order valence-corrected chi connectivity index (χ2v) is 5.81. The molecule has 104 valence electrons. The molecule has 2 heterocycles. The average Bonchev–Trinajstić information content (AvgIpc) is 2.47. The maximum Gasteiger partial charge on any atom is 0.0721 e. The predicted octanol–water partition coefficient (Wildman–Crippen LogP) is 2.32. The van der Waals surface area contributed by atoms with Crippen molar-refractivity contribution >= 4 is 0 Å². The van der Waals surface area contributed by atoms with Gasteiger partial charge in [0.05, 0.1) is 19.3 Å². The van der Waals surface area contributed by atoms with Gasteiger partial charge in [0.25, 0.3) is 0 Å². The highest BCUT2D eigenvalue weighted by Gasteiger charge is 2.29. The Balaban J connectivity index is 1.75. The van der Waals surface area contributed by atoms with E-state index >= 15 is 0 Å². The van der Waals surface area contributed by atoms with E-state index in [0.29, 0.717) is 6.04 Å². The van der Waals surface area contributed by atoms with Gasteiger partial charge >= 0.3 is 0 Å². The smallest absolute Gasteiger partial charge is 0.0721 e. The van der Waals surface area contributed by atoms with Crippen molar-refractivity contribution in [3.05, 3.63) is 35.4 Å². The van der Waals surface area contributed by atoms with Crippen LogP contribution >= 0.6 is 0 Å². The van der Waals surface area contributed by atoms with Crippen LogP contribution in [-0.4, -0.2) is 31.1 Å². The van der Waals surface area contributed by atoms with Crippen molar-refractivity contribution in [3.8, 4) is 0 Å². The van der Waals surface area contributed by atoms with E-state index in [-0.39, 0.29) is 0 Å². The van der Waals surface area contributed by atoms with E-state index in [1.807, 2.05) is 0 Å². The second-order valence-electron chi connectivity index (χ2n) is 5.81. The molecule has 1 saturated heterocycles. The van der Waals surface area contributed by atoms with Crippen molar-refractivity contribution in [2.45, 2.75) is 31.9 Å². The summed E-state index contributed by atoms with van der Waals surface area (Å²) in [6.45, 7) is 4.80. The zero-order valence-electron chi connectivity index (χ0n) is 11.6. The molecule has 1 aromatic rings. The molecule has 2 aliphatic heterocycles. The first-order valence-corrected chi connectivity index (χ1v) is 7.48. The molecule has 19 heavy (non-hydrogen) atoms. The number of benzene rings is 1. The number of hydrogen-bond donors (Lipinski definition) is 1. The maximum absolute atomic E-state index is 5.79. The highest BCUT2D eigenvalue weighted by atomic mass is 16.5. The minimum absolute atomic E-state index is 0.450. The molecular formula is C16H24N2O. The molecule has 3 heteroatoms. The Hall–Kier alpha value is -0.900. The first-order valence-electron chi connectivity index (χ1n) is 7.48. The molecule has 0 aromatic heterocycles. The van der Waals surface area contributed by atoms with Crippen molar-refractivity contribution in [2.24, 2.45) is 11.7 Å². The van der Waals surface area contributed by atoms with E-state index in [9.17, 15) is 0 Å². The van der Waals surface area contributed by atoms with Gasteiger partial charge in [-0.1, -0.05) is 24.3 Å². The first kappa shape index (κ1) is 13.1. The number of piperidine rings is 1. The summed E-state index contributed by atoms with van der Waals surface area (Å²) in [6, 6.07) is 9.18. The average molecular weight is 260 g/mol. The molecule has 0 spiro atoms. The fourth-order valence-electron chi connectivity index (χ4n) is 3.51.